The van der Waals surface area contributed by atoms with Crippen LogP contribution in [0.1, 0.15) is 23.9 Å². The van der Waals surface area contributed by atoms with Crippen LogP contribution in [0.15, 0.2) is 30.3 Å². The minimum Gasteiger partial charge on any atom is -0.487 e. The van der Waals surface area contributed by atoms with Crippen LogP contribution in [0, 0.1) is 0 Å². The standard InChI is InChI=1S/C15H21N3O/c1-3-13-10-14(18(2)17-13)11-19-15-6-4-5-12(9-15)7-8-16/h4-6,9-10H,3,7-8,11,16H2,1-2H3. The molecule has 4 nitrogen and oxygen atoms in total. The molecule has 0 radical (unpaired) electrons. The molecule has 2 aromatic rings. The van der Waals surface area contributed by atoms with Crippen molar-refractivity contribution in [3.8, 4) is 5.75 Å². The van der Waals surface area contributed by atoms with E-state index >= 15 is 0 Å². The third-order valence-electron chi connectivity index (χ3n) is 3.11. The highest BCUT2D eigenvalue weighted by atomic mass is 16.5. The van der Waals surface area contributed by atoms with Crippen LogP contribution >= 0.6 is 0 Å². The molecule has 19 heavy (non-hydrogen) atoms. The van der Waals surface area contributed by atoms with E-state index in [0.717, 1.165) is 30.0 Å². The van der Waals surface area contributed by atoms with Crippen LogP contribution in [0.4, 0.5) is 0 Å². The Balaban J connectivity index is 2.01. The van der Waals surface area contributed by atoms with Crippen molar-refractivity contribution in [1.82, 2.24) is 9.78 Å². The van der Waals surface area contributed by atoms with Crippen molar-refractivity contribution in [1.29, 1.82) is 0 Å². The molecule has 0 spiro atoms. The molecular formula is C15H21N3O. The summed E-state index contributed by atoms with van der Waals surface area (Å²) in [6.45, 7) is 3.30. The number of benzene rings is 1. The molecule has 0 bridgehead atoms. The molecule has 0 atom stereocenters. The molecule has 1 heterocycles. The summed E-state index contributed by atoms with van der Waals surface area (Å²) in [6, 6.07) is 10.2. The van der Waals surface area contributed by atoms with Crippen molar-refractivity contribution in [2.75, 3.05) is 6.54 Å². The molecule has 1 aromatic carbocycles. The zero-order chi connectivity index (χ0) is 13.7. The van der Waals surface area contributed by atoms with Crippen molar-refractivity contribution >= 4 is 0 Å². The molecule has 0 saturated carbocycles. The van der Waals surface area contributed by atoms with Gasteiger partial charge in [-0.1, -0.05) is 19.1 Å². The SMILES string of the molecule is CCc1cc(COc2cccc(CCN)c2)n(C)n1. The zero-order valence-electron chi connectivity index (χ0n) is 11.6. The summed E-state index contributed by atoms with van der Waals surface area (Å²) in [5.74, 6) is 0.880. The lowest BCUT2D eigenvalue weighted by atomic mass is 10.1. The molecule has 1 aromatic heterocycles. The van der Waals surface area contributed by atoms with Crippen molar-refractivity contribution in [3.05, 3.63) is 47.3 Å². The highest BCUT2D eigenvalue weighted by molar-refractivity contribution is 5.29. The van der Waals surface area contributed by atoms with Crippen molar-refractivity contribution in [3.63, 3.8) is 0 Å². The Bertz CT molecular complexity index is 534. The average molecular weight is 259 g/mol. The molecule has 102 valence electrons. The smallest absolute Gasteiger partial charge is 0.130 e. The summed E-state index contributed by atoms with van der Waals surface area (Å²) in [7, 11) is 1.95. The van der Waals surface area contributed by atoms with Gasteiger partial charge < -0.3 is 10.5 Å². The normalized spacial score (nSPS) is 10.7. The summed E-state index contributed by atoms with van der Waals surface area (Å²) in [4.78, 5) is 0. The third kappa shape index (κ3) is 3.58. The quantitative estimate of drug-likeness (QED) is 0.864. The average Bonchev–Trinajstić information content (AvgIpc) is 2.78. The predicted octanol–water partition coefficient (Wildman–Crippen LogP) is 2.06. The van der Waals surface area contributed by atoms with Gasteiger partial charge in [-0.15, -0.1) is 0 Å². The first-order chi connectivity index (χ1) is 9.22. The molecule has 2 N–H and O–H groups in total. The molecule has 0 aliphatic rings. The Kier molecular flexibility index (Phi) is 4.58. The number of hydrogen-bond donors (Lipinski definition) is 1. The lowest BCUT2D eigenvalue weighted by molar-refractivity contribution is 0.294. The van der Waals surface area contributed by atoms with Crippen LogP contribution in [0.5, 0.6) is 5.75 Å². The second-order valence-electron chi connectivity index (χ2n) is 4.58. The Labute approximate surface area is 114 Å². The Morgan fingerprint density at radius 1 is 1.32 bits per heavy atom. The van der Waals surface area contributed by atoms with Gasteiger partial charge in [-0.05, 0) is 43.1 Å². The summed E-state index contributed by atoms with van der Waals surface area (Å²) >= 11 is 0. The second-order valence-corrected chi connectivity index (χ2v) is 4.58. The lowest BCUT2D eigenvalue weighted by Gasteiger charge is -2.07. The maximum absolute atomic E-state index is 5.82. The molecule has 0 fully saturated rings. The topological polar surface area (TPSA) is 53.1 Å². The van der Waals surface area contributed by atoms with Crippen LogP contribution in [0.25, 0.3) is 0 Å². The van der Waals surface area contributed by atoms with Gasteiger partial charge in [0.2, 0.25) is 0 Å². The molecule has 4 heteroatoms. The highest BCUT2D eigenvalue weighted by Crippen LogP contribution is 2.15. The number of nitrogens with zero attached hydrogens (tertiary/aromatic N) is 2. The minimum absolute atomic E-state index is 0.537. The first-order valence-corrected chi connectivity index (χ1v) is 6.66. The summed E-state index contributed by atoms with van der Waals surface area (Å²) in [5.41, 5.74) is 8.95. The van der Waals surface area contributed by atoms with E-state index in [2.05, 4.69) is 24.2 Å². The summed E-state index contributed by atoms with van der Waals surface area (Å²) in [6.07, 6.45) is 1.82. The third-order valence-corrected chi connectivity index (χ3v) is 3.11. The van der Waals surface area contributed by atoms with Gasteiger partial charge in [0, 0.05) is 7.05 Å². The molecule has 0 aliphatic carbocycles. The molecule has 0 saturated heterocycles. The molecule has 0 unspecified atom stereocenters. The number of nitrogens with two attached hydrogens (primary N) is 1. The monoisotopic (exact) mass is 259 g/mol. The van der Waals surface area contributed by atoms with Gasteiger partial charge in [0.15, 0.2) is 0 Å². The molecule has 0 aliphatic heterocycles. The number of aryl methyl sites for hydroxylation is 2. The zero-order valence-corrected chi connectivity index (χ0v) is 11.6. The summed E-state index contributed by atoms with van der Waals surface area (Å²) in [5, 5.41) is 4.41. The van der Waals surface area contributed by atoms with E-state index in [0.29, 0.717) is 13.2 Å². The van der Waals surface area contributed by atoms with Crippen LogP contribution < -0.4 is 10.5 Å². The number of aromatic nitrogens is 2. The van der Waals surface area contributed by atoms with Crippen molar-refractivity contribution in [2.45, 2.75) is 26.4 Å². The van der Waals surface area contributed by atoms with Crippen LogP contribution in [-0.2, 0) is 26.5 Å². The van der Waals surface area contributed by atoms with Gasteiger partial charge >= 0.3 is 0 Å². The number of hydrogen-bond acceptors (Lipinski definition) is 3. The van der Waals surface area contributed by atoms with E-state index in [1.54, 1.807) is 0 Å². The lowest BCUT2D eigenvalue weighted by Crippen LogP contribution is -2.04. The van der Waals surface area contributed by atoms with Gasteiger partial charge in [-0.2, -0.15) is 5.10 Å². The van der Waals surface area contributed by atoms with E-state index < -0.39 is 0 Å². The van der Waals surface area contributed by atoms with Crippen LogP contribution in [-0.4, -0.2) is 16.3 Å². The van der Waals surface area contributed by atoms with Crippen molar-refractivity contribution in [2.24, 2.45) is 12.8 Å². The van der Waals surface area contributed by atoms with E-state index in [1.165, 1.54) is 5.56 Å². The Morgan fingerprint density at radius 3 is 2.84 bits per heavy atom. The van der Waals surface area contributed by atoms with Gasteiger partial charge in [0.1, 0.15) is 12.4 Å². The van der Waals surface area contributed by atoms with Crippen LogP contribution in [0.2, 0.25) is 0 Å². The molecule has 0 amide bonds. The predicted molar refractivity (Wildman–Crippen MR) is 76.1 cm³/mol. The number of rotatable bonds is 6. The maximum Gasteiger partial charge on any atom is 0.130 e. The second kappa shape index (κ2) is 6.38. The van der Waals surface area contributed by atoms with Gasteiger partial charge in [-0.25, -0.2) is 0 Å². The Morgan fingerprint density at radius 2 is 2.16 bits per heavy atom. The fourth-order valence-corrected chi connectivity index (χ4v) is 1.99. The van der Waals surface area contributed by atoms with Crippen molar-refractivity contribution < 1.29 is 4.74 Å². The molecule has 2 rings (SSSR count). The van der Waals surface area contributed by atoms with Gasteiger partial charge in [0.05, 0.1) is 11.4 Å². The van der Waals surface area contributed by atoms with E-state index in [1.807, 2.05) is 29.9 Å². The number of ether oxygens (including phenoxy) is 1. The minimum atomic E-state index is 0.537. The van der Waals surface area contributed by atoms with Crippen LogP contribution in [0.3, 0.4) is 0 Å². The summed E-state index contributed by atoms with van der Waals surface area (Å²) < 4.78 is 7.69. The Hall–Kier alpha value is -1.81. The van der Waals surface area contributed by atoms with Gasteiger partial charge in [0.25, 0.3) is 0 Å². The first-order valence-electron chi connectivity index (χ1n) is 6.66. The van der Waals surface area contributed by atoms with Gasteiger partial charge in [-0.3, -0.25) is 4.68 Å². The fourth-order valence-electron chi connectivity index (χ4n) is 1.99. The largest absolute Gasteiger partial charge is 0.487 e. The maximum atomic E-state index is 5.82. The van der Waals surface area contributed by atoms with E-state index in [4.69, 9.17) is 10.5 Å². The fraction of sp³-hybridized carbons (Fsp3) is 0.400. The first kappa shape index (κ1) is 13.6. The molecular weight excluding hydrogens is 238 g/mol. The highest BCUT2D eigenvalue weighted by Gasteiger charge is 2.04. The van der Waals surface area contributed by atoms with E-state index in [-0.39, 0.29) is 0 Å². The van der Waals surface area contributed by atoms with E-state index in [9.17, 15) is 0 Å².